The van der Waals surface area contributed by atoms with Gasteiger partial charge in [-0.15, -0.1) is 0 Å². The minimum Gasteiger partial charge on any atom is -0.497 e. The quantitative estimate of drug-likeness (QED) is 0.0641. The molecule has 1 heterocycles. The summed E-state index contributed by atoms with van der Waals surface area (Å²) in [5.74, 6) is 0.181. The van der Waals surface area contributed by atoms with Crippen LogP contribution in [0.3, 0.4) is 0 Å². The number of hydrogen-bond acceptors (Lipinski definition) is 11. The van der Waals surface area contributed by atoms with Crippen LogP contribution >= 0.6 is 0 Å². The van der Waals surface area contributed by atoms with Crippen LogP contribution in [0.1, 0.15) is 53.3 Å². The highest BCUT2D eigenvalue weighted by atomic mass is 16.7. The molecule has 0 N–H and O–H groups in total. The zero-order valence-corrected chi connectivity index (χ0v) is 36.4. The molecule has 0 bridgehead atoms. The summed E-state index contributed by atoms with van der Waals surface area (Å²) in [4.78, 5) is 42.4. The standard InChI is InChI=1S/C55H48O11/c1-59-44-30-26-37(27-31-44)34-42-22-12-14-24-46(42)61-36-48-49(64-52(56)39-16-6-3-7-17-39)50(65-53(57)40-18-8-4-9-19-40)51(66-54(58)41-20-10-5-11-21-41)55(63-48)62-47-25-15-13-23-43(47)35-38-28-32-45(60-2)33-29-38/h3-33,48-51,55H,34-36H2,1-2H3/t48-,49-,50+,51-,55+/m1/s1. The van der Waals surface area contributed by atoms with Crippen molar-refractivity contribution in [2.75, 3.05) is 20.8 Å². The molecule has 66 heavy (non-hydrogen) atoms. The molecule has 0 aliphatic carbocycles. The van der Waals surface area contributed by atoms with E-state index in [0.717, 1.165) is 33.8 Å². The third kappa shape index (κ3) is 11.2. The maximum Gasteiger partial charge on any atom is 0.338 e. The normalized spacial score (nSPS) is 17.7. The summed E-state index contributed by atoms with van der Waals surface area (Å²) in [7, 11) is 3.23. The maximum absolute atomic E-state index is 14.2. The van der Waals surface area contributed by atoms with E-state index in [-0.39, 0.29) is 23.3 Å². The summed E-state index contributed by atoms with van der Waals surface area (Å²) >= 11 is 0. The van der Waals surface area contributed by atoms with E-state index in [4.69, 9.17) is 37.9 Å². The Kier molecular flexibility index (Phi) is 14.7. The number of rotatable bonds is 17. The van der Waals surface area contributed by atoms with Gasteiger partial charge in [0, 0.05) is 12.8 Å². The number of carbonyl (C=O) groups excluding carboxylic acids is 3. The van der Waals surface area contributed by atoms with Crippen LogP contribution in [0.15, 0.2) is 188 Å². The van der Waals surface area contributed by atoms with Gasteiger partial charge in [0.2, 0.25) is 12.4 Å². The molecular formula is C55H48O11. The minimum atomic E-state index is -1.49. The molecule has 7 aromatic rings. The SMILES string of the molecule is COc1ccc(Cc2ccccc2OC[C@H]2O[C@H](Oc3ccccc3Cc3ccc(OC)cc3)[C@H](OC(=O)c3ccccc3)[C@@H](OC(=O)c3ccccc3)[C@@H]2OC(=O)c2ccccc2)cc1. The molecule has 0 aromatic heterocycles. The summed E-state index contributed by atoms with van der Waals surface area (Å²) in [5.41, 5.74) is 4.33. The van der Waals surface area contributed by atoms with Crippen molar-refractivity contribution < 1.29 is 52.3 Å². The van der Waals surface area contributed by atoms with E-state index in [0.29, 0.717) is 24.3 Å². The predicted molar refractivity (Wildman–Crippen MR) is 246 cm³/mol. The van der Waals surface area contributed by atoms with Crippen LogP contribution < -0.4 is 18.9 Å². The van der Waals surface area contributed by atoms with E-state index < -0.39 is 48.6 Å². The van der Waals surface area contributed by atoms with Crippen LogP contribution in [0, 0.1) is 0 Å². The van der Waals surface area contributed by atoms with Crippen LogP contribution in [0.25, 0.3) is 0 Å². The fourth-order valence-corrected chi connectivity index (χ4v) is 7.59. The van der Waals surface area contributed by atoms with Crippen LogP contribution in [0.5, 0.6) is 23.0 Å². The average Bonchev–Trinajstić information content (AvgIpc) is 3.37. The number of benzene rings is 7. The third-order valence-corrected chi connectivity index (χ3v) is 11.0. The van der Waals surface area contributed by atoms with Crippen LogP contribution in [-0.2, 0) is 31.8 Å². The number of hydrogen-bond donors (Lipinski definition) is 0. The second kappa shape index (κ2) is 21.7. The molecule has 0 amide bonds. The fourth-order valence-electron chi connectivity index (χ4n) is 7.59. The molecule has 8 rings (SSSR count). The molecule has 1 fully saturated rings. The van der Waals surface area contributed by atoms with Gasteiger partial charge >= 0.3 is 17.9 Å². The Bertz CT molecular complexity index is 2670. The molecule has 7 aromatic carbocycles. The summed E-state index contributed by atoms with van der Waals surface area (Å²) in [5, 5.41) is 0. The van der Waals surface area contributed by atoms with Gasteiger partial charge in [0.05, 0.1) is 30.9 Å². The molecule has 5 atom stereocenters. The lowest BCUT2D eigenvalue weighted by molar-refractivity contribution is -0.274. The van der Waals surface area contributed by atoms with Gasteiger partial charge in [-0.1, -0.05) is 115 Å². The number of esters is 3. The number of carbonyl (C=O) groups is 3. The number of ether oxygens (including phenoxy) is 8. The van der Waals surface area contributed by atoms with Crippen molar-refractivity contribution in [3.8, 4) is 23.0 Å². The van der Waals surface area contributed by atoms with Crippen LogP contribution in [0.2, 0.25) is 0 Å². The van der Waals surface area contributed by atoms with Gasteiger partial charge in [0.1, 0.15) is 35.7 Å². The Morgan fingerprint density at radius 1 is 0.439 bits per heavy atom. The molecule has 334 valence electrons. The van der Waals surface area contributed by atoms with Gasteiger partial charge in [-0.05, 0) is 95.1 Å². The van der Waals surface area contributed by atoms with Crippen molar-refractivity contribution in [2.24, 2.45) is 0 Å². The Labute approximate surface area is 383 Å². The lowest BCUT2D eigenvalue weighted by Crippen LogP contribution is -2.64. The second-order valence-corrected chi connectivity index (χ2v) is 15.4. The molecule has 0 radical (unpaired) electrons. The second-order valence-electron chi connectivity index (χ2n) is 15.4. The lowest BCUT2D eigenvalue weighted by atomic mass is 9.97. The van der Waals surface area contributed by atoms with Gasteiger partial charge in [-0.25, -0.2) is 14.4 Å². The van der Waals surface area contributed by atoms with Gasteiger partial charge < -0.3 is 37.9 Å². The van der Waals surface area contributed by atoms with E-state index in [1.807, 2.05) is 91.0 Å². The highest BCUT2D eigenvalue weighted by Crippen LogP contribution is 2.35. The Morgan fingerprint density at radius 2 is 0.833 bits per heavy atom. The van der Waals surface area contributed by atoms with Gasteiger partial charge in [-0.3, -0.25) is 0 Å². The monoisotopic (exact) mass is 884 g/mol. The highest BCUT2D eigenvalue weighted by molar-refractivity contribution is 5.91. The van der Waals surface area contributed by atoms with Crippen molar-refractivity contribution in [3.05, 3.63) is 227 Å². The first-order valence-electron chi connectivity index (χ1n) is 21.5. The van der Waals surface area contributed by atoms with E-state index in [2.05, 4.69) is 0 Å². The Balaban J connectivity index is 1.20. The van der Waals surface area contributed by atoms with Gasteiger partial charge in [0.25, 0.3) is 0 Å². The van der Waals surface area contributed by atoms with Crippen molar-refractivity contribution >= 4 is 17.9 Å². The maximum atomic E-state index is 14.2. The molecule has 0 spiro atoms. The Morgan fingerprint density at radius 3 is 1.30 bits per heavy atom. The topological polar surface area (TPSA) is 125 Å². The minimum absolute atomic E-state index is 0.210. The molecule has 1 saturated heterocycles. The van der Waals surface area contributed by atoms with Crippen molar-refractivity contribution in [2.45, 2.75) is 43.5 Å². The number of para-hydroxylation sites is 2. The first kappa shape index (κ1) is 44.7. The van der Waals surface area contributed by atoms with Crippen molar-refractivity contribution in [1.29, 1.82) is 0 Å². The lowest BCUT2D eigenvalue weighted by Gasteiger charge is -2.44. The van der Waals surface area contributed by atoms with E-state index in [1.165, 1.54) is 0 Å². The molecule has 1 aliphatic rings. The molecule has 11 heteroatoms. The van der Waals surface area contributed by atoms with Crippen LogP contribution in [0.4, 0.5) is 0 Å². The summed E-state index contributed by atoms with van der Waals surface area (Å²) in [6, 6.07) is 55.6. The van der Waals surface area contributed by atoms with Crippen LogP contribution in [-0.4, -0.2) is 69.4 Å². The Hall–Kier alpha value is -7.89. The molecule has 0 saturated carbocycles. The van der Waals surface area contributed by atoms with E-state index >= 15 is 0 Å². The largest absolute Gasteiger partial charge is 0.497 e. The van der Waals surface area contributed by atoms with Crippen molar-refractivity contribution in [1.82, 2.24) is 0 Å². The highest BCUT2D eigenvalue weighted by Gasteiger charge is 2.54. The smallest absolute Gasteiger partial charge is 0.338 e. The van der Waals surface area contributed by atoms with Gasteiger partial charge in [-0.2, -0.15) is 0 Å². The summed E-state index contributed by atoms with van der Waals surface area (Å²) in [6.45, 7) is -0.210. The molecule has 0 unspecified atom stereocenters. The molecule has 11 nitrogen and oxygen atoms in total. The van der Waals surface area contributed by atoms with Gasteiger partial charge in [0.15, 0.2) is 12.2 Å². The zero-order valence-electron chi connectivity index (χ0n) is 36.4. The third-order valence-electron chi connectivity index (χ3n) is 11.0. The molecule has 1 aliphatic heterocycles. The fraction of sp³-hybridized carbons (Fsp3) is 0.182. The first-order chi connectivity index (χ1) is 32.3. The summed E-state index contributed by atoms with van der Waals surface area (Å²) < 4.78 is 49.9. The predicted octanol–water partition coefficient (Wildman–Crippen LogP) is 9.74. The number of methoxy groups -OCH3 is 2. The molecular weight excluding hydrogens is 837 g/mol. The summed E-state index contributed by atoms with van der Waals surface area (Å²) in [6.07, 6.45) is -5.99. The zero-order chi connectivity index (χ0) is 45.7. The first-order valence-corrected chi connectivity index (χ1v) is 21.5. The van der Waals surface area contributed by atoms with E-state index in [9.17, 15) is 14.4 Å². The van der Waals surface area contributed by atoms with Crippen molar-refractivity contribution in [3.63, 3.8) is 0 Å². The average molecular weight is 885 g/mol. The van der Waals surface area contributed by atoms with E-state index in [1.54, 1.807) is 111 Å².